The van der Waals surface area contributed by atoms with Gasteiger partial charge in [-0.3, -0.25) is 4.68 Å². The Morgan fingerprint density at radius 1 is 1.25 bits per heavy atom. The highest BCUT2D eigenvalue weighted by Crippen LogP contribution is 2.29. The normalized spacial score (nSPS) is 12.2. The van der Waals surface area contributed by atoms with Crippen LogP contribution in [-0.2, 0) is 5.54 Å². The predicted molar refractivity (Wildman–Crippen MR) is 57.4 cm³/mol. The minimum Gasteiger partial charge on any atom is -0.262 e. The Balaban J connectivity index is 3.28. The summed E-state index contributed by atoms with van der Waals surface area (Å²) in [5, 5.41) is 4.37. The van der Waals surface area contributed by atoms with E-state index >= 15 is 0 Å². The quantitative estimate of drug-likeness (QED) is 0.717. The van der Waals surface area contributed by atoms with E-state index in [-0.39, 0.29) is 5.54 Å². The lowest BCUT2D eigenvalue weighted by atomic mass is 10.1. The van der Waals surface area contributed by atoms with Gasteiger partial charge in [-0.1, -0.05) is 0 Å². The van der Waals surface area contributed by atoms with Crippen molar-refractivity contribution >= 4 is 31.9 Å². The maximum absolute atomic E-state index is 4.37. The summed E-state index contributed by atoms with van der Waals surface area (Å²) >= 11 is 6.84. The maximum Gasteiger partial charge on any atom is 0.142 e. The van der Waals surface area contributed by atoms with Crippen molar-refractivity contribution in [1.29, 1.82) is 0 Å². The largest absolute Gasteiger partial charge is 0.262 e. The summed E-state index contributed by atoms with van der Waals surface area (Å²) in [5.74, 6) is 0. The third-order valence-electron chi connectivity index (χ3n) is 1.64. The number of nitrogens with zero attached hydrogens (tertiary/aromatic N) is 2. The van der Waals surface area contributed by atoms with Crippen molar-refractivity contribution in [2.45, 2.75) is 33.2 Å². The summed E-state index contributed by atoms with van der Waals surface area (Å²) in [6.07, 6.45) is 0. The molecule has 0 unspecified atom stereocenters. The highest BCUT2D eigenvalue weighted by Gasteiger charge is 2.19. The molecule has 0 radical (unpaired) electrons. The van der Waals surface area contributed by atoms with Gasteiger partial charge in [-0.25, -0.2) is 0 Å². The molecule has 0 saturated carbocycles. The summed E-state index contributed by atoms with van der Waals surface area (Å²) in [6.45, 7) is 8.44. The molecule has 1 rings (SSSR count). The number of aromatic nitrogens is 2. The minimum absolute atomic E-state index is 0.0403. The molecule has 1 aromatic heterocycles. The van der Waals surface area contributed by atoms with Crippen LogP contribution in [0.5, 0.6) is 0 Å². The van der Waals surface area contributed by atoms with Crippen LogP contribution in [0.15, 0.2) is 9.08 Å². The highest BCUT2D eigenvalue weighted by molar-refractivity contribution is 9.13. The van der Waals surface area contributed by atoms with Crippen LogP contribution in [0, 0.1) is 6.92 Å². The molecule has 0 bridgehead atoms. The van der Waals surface area contributed by atoms with Crippen molar-refractivity contribution in [1.82, 2.24) is 9.78 Å². The molecule has 2 nitrogen and oxygen atoms in total. The standard InChI is InChI=1S/C8H12Br2N2/c1-5-6(9)7(10)11-12(5)8(2,3)4/h1-4H3. The molecule has 1 aromatic rings. The average Bonchev–Trinajstić information content (AvgIpc) is 2.15. The Morgan fingerprint density at radius 3 is 1.92 bits per heavy atom. The molecule has 1 heterocycles. The van der Waals surface area contributed by atoms with Crippen LogP contribution in [-0.4, -0.2) is 9.78 Å². The molecule has 0 aromatic carbocycles. The Kier molecular flexibility index (Phi) is 2.69. The van der Waals surface area contributed by atoms with Crippen molar-refractivity contribution < 1.29 is 0 Å². The van der Waals surface area contributed by atoms with Crippen LogP contribution in [0.2, 0.25) is 0 Å². The summed E-state index contributed by atoms with van der Waals surface area (Å²) in [7, 11) is 0. The van der Waals surface area contributed by atoms with Crippen molar-refractivity contribution in [2.24, 2.45) is 0 Å². The van der Waals surface area contributed by atoms with Crippen molar-refractivity contribution in [3.05, 3.63) is 14.8 Å². The average molecular weight is 296 g/mol. The fourth-order valence-corrected chi connectivity index (χ4v) is 1.79. The first-order valence-electron chi connectivity index (χ1n) is 3.75. The van der Waals surface area contributed by atoms with Gasteiger partial charge >= 0.3 is 0 Å². The summed E-state index contributed by atoms with van der Waals surface area (Å²) in [6, 6.07) is 0. The zero-order chi connectivity index (χ0) is 9.52. The van der Waals surface area contributed by atoms with Gasteiger partial charge in [-0.05, 0) is 59.6 Å². The first-order chi connectivity index (χ1) is 5.34. The second-order valence-corrected chi connectivity index (χ2v) is 5.32. The maximum atomic E-state index is 4.37. The summed E-state index contributed by atoms with van der Waals surface area (Å²) in [4.78, 5) is 0. The van der Waals surface area contributed by atoms with E-state index in [1.165, 1.54) is 0 Å². The van der Waals surface area contributed by atoms with Crippen LogP contribution in [0.3, 0.4) is 0 Å². The molecule has 0 spiro atoms. The van der Waals surface area contributed by atoms with Gasteiger partial charge in [0.1, 0.15) is 4.60 Å². The summed E-state index contributed by atoms with van der Waals surface area (Å²) in [5.41, 5.74) is 1.19. The Bertz CT molecular complexity index is 297. The summed E-state index contributed by atoms with van der Waals surface area (Å²) < 4.78 is 3.91. The molecule has 68 valence electrons. The molecule has 0 N–H and O–H groups in total. The zero-order valence-electron chi connectivity index (χ0n) is 7.65. The monoisotopic (exact) mass is 294 g/mol. The van der Waals surface area contributed by atoms with E-state index in [0.29, 0.717) is 0 Å². The molecule has 0 aliphatic rings. The molecule has 0 saturated heterocycles. The van der Waals surface area contributed by atoms with Gasteiger partial charge in [0.05, 0.1) is 15.7 Å². The second kappa shape index (κ2) is 3.14. The second-order valence-electron chi connectivity index (χ2n) is 3.77. The molecular formula is C8H12Br2N2. The SMILES string of the molecule is Cc1c(Br)c(Br)nn1C(C)(C)C. The van der Waals surface area contributed by atoms with Gasteiger partial charge in [-0.15, -0.1) is 0 Å². The van der Waals surface area contributed by atoms with Crippen LogP contribution in [0.1, 0.15) is 26.5 Å². The molecule has 0 aliphatic carbocycles. The van der Waals surface area contributed by atoms with Gasteiger partial charge in [0.2, 0.25) is 0 Å². The van der Waals surface area contributed by atoms with Gasteiger partial charge in [0.15, 0.2) is 0 Å². The predicted octanol–water partition coefficient (Wildman–Crippen LogP) is 3.47. The molecule has 12 heavy (non-hydrogen) atoms. The number of hydrogen-bond acceptors (Lipinski definition) is 1. The lowest BCUT2D eigenvalue weighted by Crippen LogP contribution is -2.24. The lowest BCUT2D eigenvalue weighted by Gasteiger charge is -2.21. The van der Waals surface area contributed by atoms with E-state index in [0.717, 1.165) is 14.8 Å². The smallest absolute Gasteiger partial charge is 0.142 e. The fourth-order valence-electron chi connectivity index (χ4n) is 1.10. The molecular weight excluding hydrogens is 284 g/mol. The van der Waals surface area contributed by atoms with E-state index in [2.05, 4.69) is 57.7 Å². The van der Waals surface area contributed by atoms with Crippen molar-refractivity contribution in [2.75, 3.05) is 0 Å². The van der Waals surface area contributed by atoms with Crippen molar-refractivity contribution in [3.63, 3.8) is 0 Å². The molecule has 0 fully saturated rings. The van der Waals surface area contributed by atoms with Gasteiger partial charge < -0.3 is 0 Å². The van der Waals surface area contributed by atoms with E-state index in [9.17, 15) is 0 Å². The number of rotatable bonds is 0. The molecule has 0 atom stereocenters. The minimum atomic E-state index is 0.0403. The Labute approximate surface area is 89.6 Å². The number of halogens is 2. The third kappa shape index (κ3) is 1.74. The van der Waals surface area contributed by atoms with Gasteiger partial charge in [-0.2, -0.15) is 5.10 Å². The van der Waals surface area contributed by atoms with E-state index in [1.54, 1.807) is 0 Å². The Morgan fingerprint density at radius 2 is 1.75 bits per heavy atom. The topological polar surface area (TPSA) is 17.8 Å². The molecule has 4 heteroatoms. The Hall–Kier alpha value is 0.170. The van der Waals surface area contributed by atoms with Crippen molar-refractivity contribution in [3.8, 4) is 0 Å². The fraction of sp³-hybridized carbons (Fsp3) is 0.625. The third-order valence-corrected chi connectivity index (χ3v) is 3.68. The van der Waals surface area contributed by atoms with Crippen LogP contribution < -0.4 is 0 Å². The van der Waals surface area contributed by atoms with Crippen LogP contribution in [0.4, 0.5) is 0 Å². The lowest BCUT2D eigenvalue weighted by molar-refractivity contribution is 0.346. The van der Waals surface area contributed by atoms with E-state index in [1.807, 2.05) is 11.6 Å². The van der Waals surface area contributed by atoms with E-state index in [4.69, 9.17) is 0 Å². The van der Waals surface area contributed by atoms with Gasteiger partial charge in [0, 0.05) is 0 Å². The molecule has 0 aliphatic heterocycles. The first-order valence-corrected chi connectivity index (χ1v) is 5.33. The van der Waals surface area contributed by atoms with E-state index < -0.39 is 0 Å². The molecule has 0 amide bonds. The first kappa shape index (κ1) is 10.3. The highest BCUT2D eigenvalue weighted by atomic mass is 79.9. The van der Waals surface area contributed by atoms with Crippen LogP contribution >= 0.6 is 31.9 Å². The zero-order valence-corrected chi connectivity index (χ0v) is 10.8. The van der Waals surface area contributed by atoms with Crippen LogP contribution in [0.25, 0.3) is 0 Å². The number of hydrogen-bond donors (Lipinski definition) is 0. The van der Waals surface area contributed by atoms with Gasteiger partial charge in [0.25, 0.3) is 0 Å².